The topological polar surface area (TPSA) is 57.4 Å². The van der Waals surface area contributed by atoms with Gasteiger partial charge in [-0.1, -0.05) is 0 Å². The molecule has 0 radical (unpaired) electrons. The van der Waals surface area contributed by atoms with Gasteiger partial charge < -0.3 is 15.2 Å². The quantitative estimate of drug-likeness (QED) is 0.797. The fourth-order valence-corrected chi connectivity index (χ4v) is 1.42. The second-order valence-corrected chi connectivity index (χ2v) is 3.54. The molecular weight excluding hydrogens is 192 g/mol. The van der Waals surface area contributed by atoms with Gasteiger partial charge in [-0.05, 0) is 19.8 Å². The summed E-state index contributed by atoms with van der Waals surface area (Å²) in [5, 5.41) is 0. The minimum Gasteiger partial charge on any atom is -0.495 e. The highest BCUT2D eigenvalue weighted by Gasteiger charge is 2.10. The fraction of sp³-hybridized carbons (Fsp3) is 0.545. The number of nitrogens with two attached hydrogens (primary N) is 1. The summed E-state index contributed by atoms with van der Waals surface area (Å²) in [6.07, 6.45) is 5.13. The predicted molar refractivity (Wildman–Crippen MR) is 59.3 cm³/mol. The maximum Gasteiger partial charge on any atom is 0.144 e. The van der Waals surface area contributed by atoms with Gasteiger partial charge in [0.05, 0.1) is 26.6 Å². The van der Waals surface area contributed by atoms with Crippen LogP contribution in [0.25, 0.3) is 0 Å². The van der Waals surface area contributed by atoms with Gasteiger partial charge in [0.1, 0.15) is 11.5 Å². The Kier molecular flexibility index (Phi) is 4.37. The summed E-state index contributed by atoms with van der Waals surface area (Å²) in [7, 11) is 3.26. The monoisotopic (exact) mass is 210 g/mol. The van der Waals surface area contributed by atoms with E-state index >= 15 is 0 Å². The lowest BCUT2D eigenvalue weighted by atomic mass is 10.1. The summed E-state index contributed by atoms with van der Waals surface area (Å²) in [6, 6.07) is 0.174. The molecule has 4 nitrogen and oxygen atoms in total. The van der Waals surface area contributed by atoms with Crippen LogP contribution in [0.15, 0.2) is 12.4 Å². The molecule has 0 saturated carbocycles. The predicted octanol–water partition coefficient (Wildman–Crippen LogP) is 1.38. The smallest absolute Gasteiger partial charge is 0.144 e. The molecule has 0 bridgehead atoms. The lowest BCUT2D eigenvalue weighted by Gasteiger charge is -2.13. The van der Waals surface area contributed by atoms with Crippen molar-refractivity contribution in [3.05, 3.63) is 18.0 Å². The summed E-state index contributed by atoms with van der Waals surface area (Å²) in [5.41, 5.74) is 6.76. The largest absolute Gasteiger partial charge is 0.495 e. The highest BCUT2D eigenvalue weighted by Crippen LogP contribution is 2.28. The van der Waals surface area contributed by atoms with E-state index in [9.17, 15) is 0 Å². The van der Waals surface area contributed by atoms with Crippen molar-refractivity contribution in [1.82, 2.24) is 4.98 Å². The number of hydrogen-bond acceptors (Lipinski definition) is 4. The normalized spacial score (nSPS) is 12.3. The molecule has 0 spiro atoms. The van der Waals surface area contributed by atoms with Crippen LogP contribution in [0.3, 0.4) is 0 Å². The van der Waals surface area contributed by atoms with Gasteiger partial charge in [0.2, 0.25) is 0 Å². The molecule has 0 aliphatic carbocycles. The number of ether oxygens (including phenoxy) is 2. The summed E-state index contributed by atoms with van der Waals surface area (Å²) in [6.45, 7) is 1.99. The molecule has 0 aromatic carbocycles. The van der Waals surface area contributed by atoms with Crippen LogP contribution >= 0.6 is 0 Å². The first-order chi connectivity index (χ1) is 7.19. The van der Waals surface area contributed by atoms with E-state index in [1.807, 2.05) is 6.92 Å². The van der Waals surface area contributed by atoms with Crippen LogP contribution in [0.5, 0.6) is 11.5 Å². The third kappa shape index (κ3) is 3.09. The molecule has 15 heavy (non-hydrogen) atoms. The van der Waals surface area contributed by atoms with E-state index < -0.39 is 0 Å². The molecule has 1 heterocycles. The molecule has 1 rings (SSSR count). The van der Waals surface area contributed by atoms with Gasteiger partial charge in [-0.2, -0.15) is 0 Å². The standard InChI is InChI=1S/C11H18N2O2/c1-8(12)4-5-9-10(14-2)6-13-7-11(9)15-3/h6-8H,4-5,12H2,1-3H3/t8-/m0/s1. The Balaban J connectivity index is 2.89. The first kappa shape index (κ1) is 11.8. The number of aromatic nitrogens is 1. The van der Waals surface area contributed by atoms with Crippen molar-refractivity contribution in [2.24, 2.45) is 5.73 Å². The second kappa shape index (κ2) is 5.56. The van der Waals surface area contributed by atoms with E-state index in [2.05, 4.69) is 4.98 Å². The zero-order chi connectivity index (χ0) is 11.3. The van der Waals surface area contributed by atoms with Crippen molar-refractivity contribution >= 4 is 0 Å². The minimum absolute atomic E-state index is 0.174. The Hall–Kier alpha value is -1.29. The van der Waals surface area contributed by atoms with E-state index in [1.54, 1.807) is 26.6 Å². The van der Waals surface area contributed by atoms with Crippen molar-refractivity contribution in [3.8, 4) is 11.5 Å². The Bertz CT molecular complexity index is 291. The molecule has 0 aliphatic rings. The van der Waals surface area contributed by atoms with Crippen LogP contribution in [0, 0.1) is 0 Å². The van der Waals surface area contributed by atoms with Crippen molar-refractivity contribution in [2.45, 2.75) is 25.8 Å². The highest BCUT2D eigenvalue weighted by atomic mass is 16.5. The van der Waals surface area contributed by atoms with Crippen LogP contribution in [-0.4, -0.2) is 25.2 Å². The average molecular weight is 210 g/mol. The SMILES string of the molecule is COc1cncc(OC)c1CC[C@H](C)N. The van der Waals surface area contributed by atoms with E-state index in [1.165, 1.54) is 0 Å². The van der Waals surface area contributed by atoms with Crippen LogP contribution in [0.4, 0.5) is 0 Å². The van der Waals surface area contributed by atoms with E-state index in [0.717, 1.165) is 29.9 Å². The summed E-state index contributed by atoms with van der Waals surface area (Å²) < 4.78 is 10.5. The molecule has 4 heteroatoms. The molecule has 84 valence electrons. The minimum atomic E-state index is 0.174. The van der Waals surface area contributed by atoms with Gasteiger partial charge >= 0.3 is 0 Å². The molecule has 0 aliphatic heterocycles. The van der Waals surface area contributed by atoms with E-state index in [-0.39, 0.29) is 6.04 Å². The maximum absolute atomic E-state index is 5.73. The number of methoxy groups -OCH3 is 2. The van der Waals surface area contributed by atoms with Crippen molar-refractivity contribution in [3.63, 3.8) is 0 Å². The number of rotatable bonds is 5. The van der Waals surface area contributed by atoms with Gasteiger partial charge in [0.15, 0.2) is 0 Å². The van der Waals surface area contributed by atoms with E-state index in [0.29, 0.717) is 0 Å². The van der Waals surface area contributed by atoms with Gasteiger partial charge in [-0.3, -0.25) is 4.98 Å². The molecule has 1 aromatic rings. The van der Waals surface area contributed by atoms with Crippen molar-refractivity contribution in [2.75, 3.05) is 14.2 Å². The third-order valence-corrected chi connectivity index (χ3v) is 2.27. The van der Waals surface area contributed by atoms with Crippen LogP contribution < -0.4 is 15.2 Å². The zero-order valence-electron chi connectivity index (χ0n) is 9.49. The van der Waals surface area contributed by atoms with Gasteiger partial charge in [-0.25, -0.2) is 0 Å². The summed E-state index contributed by atoms with van der Waals surface area (Å²) in [4.78, 5) is 4.03. The number of pyridine rings is 1. The molecule has 0 amide bonds. The Morgan fingerprint density at radius 3 is 2.20 bits per heavy atom. The van der Waals surface area contributed by atoms with Crippen LogP contribution in [0.2, 0.25) is 0 Å². The fourth-order valence-electron chi connectivity index (χ4n) is 1.42. The average Bonchev–Trinajstić information content (AvgIpc) is 2.25. The molecule has 1 aromatic heterocycles. The van der Waals surface area contributed by atoms with Gasteiger partial charge in [0.25, 0.3) is 0 Å². The molecule has 2 N–H and O–H groups in total. The van der Waals surface area contributed by atoms with Crippen molar-refractivity contribution < 1.29 is 9.47 Å². The van der Waals surface area contributed by atoms with Crippen molar-refractivity contribution in [1.29, 1.82) is 0 Å². The lowest BCUT2D eigenvalue weighted by Crippen LogP contribution is -2.15. The van der Waals surface area contributed by atoms with Gasteiger partial charge in [-0.15, -0.1) is 0 Å². The second-order valence-electron chi connectivity index (χ2n) is 3.54. The first-order valence-electron chi connectivity index (χ1n) is 4.99. The van der Waals surface area contributed by atoms with Crippen LogP contribution in [0.1, 0.15) is 18.9 Å². The molecule has 0 fully saturated rings. The Morgan fingerprint density at radius 1 is 1.27 bits per heavy atom. The molecule has 0 saturated heterocycles. The number of nitrogens with zero attached hydrogens (tertiary/aromatic N) is 1. The molecule has 0 unspecified atom stereocenters. The van der Waals surface area contributed by atoms with Gasteiger partial charge in [0, 0.05) is 11.6 Å². The van der Waals surface area contributed by atoms with E-state index in [4.69, 9.17) is 15.2 Å². The summed E-state index contributed by atoms with van der Waals surface area (Å²) in [5.74, 6) is 1.52. The lowest BCUT2D eigenvalue weighted by molar-refractivity contribution is 0.380. The Labute approximate surface area is 90.4 Å². The highest BCUT2D eigenvalue weighted by molar-refractivity contribution is 5.41. The Morgan fingerprint density at radius 2 is 1.80 bits per heavy atom. The first-order valence-corrected chi connectivity index (χ1v) is 4.99. The zero-order valence-corrected chi connectivity index (χ0v) is 9.49. The molecular formula is C11H18N2O2. The maximum atomic E-state index is 5.73. The van der Waals surface area contributed by atoms with Crippen LogP contribution in [-0.2, 0) is 6.42 Å². The summed E-state index contributed by atoms with van der Waals surface area (Å²) >= 11 is 0. The molecule has 1 atom stereocenters. The number of hydrogen-bond donors (Lipinski definition) is 1. The third-order valence-electron chi connectivity index (χ3n) is 2.27.